The van der Waals surface area contributed by atoms with E-state index in [1.54, 1.807) is 6.07 Å². The van der Waals surface area contributed by atoms with Crippen LogP contribution in [0.1, 0.15) is 25.8 Å². The van der Waals surface area contributed by atoms with Crippen molar-refractivity contribution in [1.29, 1.82) is 0 Å². The highest BCUT2D eigenvalue weighted by Crippen LogP contribution is 2.23. The molecule has 0 aliphatic rings. The van der Waals surface area contributed by atoms with Gasteiger partial charge in [0.2, 0.25) is 0 Å². The predicted molar refractivity (Wildman–Crippen MR) is 95.7 cm³/mol. The van der Waals surface area contributed by atoms with Crippen LogP contribution in [0.3, 0.4) is 0 Å². The van der Waals surface area contributed by atoms with E-state index in [-0.39, 0.29) is 12.8 Å². The minimum absolute atomic E-state index is 0.0930. The van der Waals surface area contributed by atoms with Gasteiger partial charge in [0, 0.05) is 0 Å². The largest absolute Gasteiger partial charge is 0.492 e. The van der Waals surface area contributed by atoms with E-state index in [4.69, 9.17) is 9.47 Å². The number of aryl methyl sites for hydroxylation is 1. The summed E-state index contributed by atoms with van der Waals surface area (Å²) in [5, 5.41) is 5.41. The second-order valence-electron chi connectivity index (χ2n) is 5.24. The van der Waals surface area contributed by atoms with Gasteiger partial charge in [0.15, 0.2) is 6.73 Å². The Labute approximate surface area is 143 Å². The molecule has 2 N–H and O–H groups in total. The highest BCUT2D eigenvalue weighted by Gasteiger charge is 2.06. The Morgan fingerprint density at radius 1 is 1.00 bits per heavy atom. The van der Waals surface area contributed by atoms with Crippen LogP contribution in [0.25, 0.3) is 0 Å². The summed E-state index contributed by atoms with van der Waals surface area (Å²) in [7, 11) is 0. The lowest BCUT2D eigenvalue weighted by Crippen LogP contribution is -2.32. The first-order valence-corrected chi connectivity index (χ1v) is 8.21. The van der Waals surface area contributed by atoms with Gasteiger partial charge in [-0.25, -0.2) is 4.79 Å². The summed E-state index contributed by atoms with van der Waals surface area (Å²) in [6.45, 7) is 4.68. The first-order chi connectivity index (χ1) is 11.7. The average molecular weight is 328 g/mol. The van der Waals surface area contributed by atoms with Crippen LogP contribution in [-0.2, 0) is 6.42 Å². The highest BCUT2D eigenvalue weighted by atomic mass is 16.5. The number of nitrogens with one attached hydrogen (secondary N) is 2. The minimum Gasteiger partial charge on any atom is -0.492 e. The first-order valence-electron chi connectivity index (χ1n) is 8.21. The Hall–Kier alpha value is -2.69. The van der Waals surface area contributed by atoms with E-state index >= 15 is 0 Å². The number of hydrogen-bond acceptors (Lipinski definition) is 3. The molecule has 2 aromatic carbocycles. The summed E-state index contributed by atoms with van der Waals surface area (Å²) in [4.78, 5) is 11.9. The molecule has 0 aromatic heterocycles. The number of rotatable bonds is 8. The van der Waals surface area contributed by atoms with Crippen LogP contribution >= 0.6 is 0 Å². The zero-order chi connectivity index (χ0) is 17.2. The van der Waals surface area contributed by atoms with Crippen LogP contribution in [0.2, 0.25) is 0 Å². The second kappa shape index (κ2) is 9.45. The van der Waals surface area contributed by atoms with E-state index < -0.39 is 0 Å². The first kappa shape index (κ1) is 17.7. The molecular weight excluding hydrogens is 304 g/mol. The number of urea groups is 1. The smallest absolute Gasteiger partial charge is 0.321 e. The number of anilines is 1. The van der Waals surface area contributed by atoms with E-state index in [1.807, 2.05) is 49.4 Å². The third kappa shape index (κ3) is 5.50. The molecule has 0 bridgehead atoms. The lowest BCUT2D eigenvalue weighted by atomic mass is 10.1. The molecular formula is C19H24N2O3. The molecule has 0 aliphatic carbocycles. The lowest BCUT2D eigenvalue weighted by molar-refractivity contribution is 0.234. The number of carbonyl (C=O) groups excluding carboxylic acids is 1. The number of benzene rings is 2. The fourth-order valence-electron chi connectivity index (χ4n) is 2.24. The Morgan fingerprint density at radius 3 is 2.46 bits per heavy atom. The van der Waals surface area contributed by atoms with Crippen molar-refractivity contribution >= 4 is 11.7 Å². The van der Waals surface area contributed by atoms with Crippen LogP contribution < -0.4 is 20.1 Å². The van der Waals surface area contributed by atoms with Crippen molar-refractivity contribution in [3.63, 3.8) is 0 Å². The average Bonchev–Trinajstić information content (AvgIpc) is 2.59. The minimum atomic E-state index is -0.343. The van der Waals surface area contributed by atoms with Gasteiger partial charge in [0.05, 0.1) is 12.3 Å². The number of para-hydroxylation sites is 2. The number of ether oxygens (including phenoxy) is 2. The van der Waals surface area contributed by atoms with Crippen molar-refractivity contribution in [2.45, 2.75) is 26.7 Å². The van der Waals surface area contributed by atoms with Gasteiger partial charge in [-0.15, -0.1) is 0 Å². The highest BCUT2D eigenvalue weighted by molar-refractivity contribution is 5.90. The number of hydrogen-bond donors (Lipinski definition) is 2. The maximum atomic E-state index is 11.9. The zero-order valence-corrected chi connectivity index (χ0v) is 14.2. The Kier molecular flexibility index (Phi) is 6.95. The van der Waals surface area contributed by atoms with Gasteiger partial charge in [-0.1, -0.05) is 37.6 Å². The van der Waals surface area contributed by atoms with Gasteiger partial charge in [-0.05, 0) is 43.2 Å². The van der Waals surface area contributed by atoms with E-state index in [2.05, 4.69) is 17.6 Å². The van der Waals surface area contributed by atoms with Crippen molar-refractivity contribution in [2.75, 3.05) is 18.7 Å². The molecule has 24 heavy (non-hydrogen) atoms. The lowest BCUT2D eigenvalue weighted by Gasteiger charge is -2.12. The molecule has 0 unspecified atom stereocenters. The van der Waals surface area contributed by atoms with Crippen molar-refractivity contribution in [3.05, 3.63) is 54.1 Å². The van der Waals surface area contributed by atoms with Crippen LogP contribution in [-0.4, -0.2) is 19.4 Å². The SMILES string of the molecule is CCCc1ccc(OCNC(=O)Nc2ccccc2OCC)cc1. The summed E-state index contributed by atoms with van der Waals surface area (Å²) in [5.74, 6) is 1.37. The maximum Gasteiger partial charge on any atom is 0.321 e. The molecule has 128 valence electrons. The molecule has 0 atom stereocenters. The Morgan fingerprint density at radius 2 is 1.75 bits per heavy atom. The quantitative estimate of drug-likeness (QED) is 0.714. The van der Waals surface area contributed by atoms with E-state index in [0.717, 1.165) is 18.6 Å². The summed E-state index contributed by atoms with van der Waals surface area (Å²) < 4.78 is 11.0. The summed E-state index contributed by atoms with van der Waals surface area (Å²) in [6.07, 6.45) is 2.17. The molecule has 5 heteroatoms. The summed E-state index contributed by atoms with van der Waals surface area (Å²) in [5.41, 5.74) is 1.91. The molecule has 0 spiro atoms. The van der Waals surface area contributed by atoms with E-state index in [9.17, 15) is 4.79 Å². The third-order valence-corrected chi connectivity index (χ3v) is 3.37. The van der Waals surface area contributed by atoms with Gasteiger partial charge in [-0.3, -0.25) is 0 Å². The van der Waals surface area contributed by atoms with Crippen LogP contribution in [0.4, 0.5) is 10.5 Å². The van der Waals surface area contributed by atoms with Crippen molar-refractivity contribution in [1.82, 2.24) is 5.32 Å². The molecule has 2 aromatic rings. The molecule has 2 rings (SSSR count). The molecule has 2 amide bonds. The van der Waals surface area contributed by atoms with Crippen LogP contribution in [0.5, 0.6) is 11.5 Å². The standard InChI is InChI=1S/C19H24N2O3/c1-3-7-15-10-12-16(13-11-15)24-14-20-19(22)21-17-8-5-6-9-18(17)23-4-2/h5-6,8-13H,3-4,7,14H2,1-2H3,(H2,20,21,22). The third-order valence-electron chi connectivity index (χ3n) is 3.37. The van der Waals surface area contributed by atoms with Gasteiger partial charge < -0.3 is 20.1 Å². The fourth-order valence-corrected chi connectivity index (χ4v) is 2.24. The van der Waals surface area contributed by atoms with Crippen LogP contribution in [0, 0.1) is 0 Å². The molecule has 0 heterocycles. The second-order valence-corrected chi connectivity index (χ2v) is 5.24. The zero-order valence-electron chi connectivity index (χ0n) is 14.2. The summed E-state index contributed by atoms with van der Waals surface area (Å²) in [6, 6.07) is 14.9. The monoisotopic (exact) mass is 328 g/mol. The van der Waals surface area contributed by atoms with Crippen LogP contribution in [0.15, 0.2) is 48.5 Å². The molecule has 0 saturated carbocycles. The molecule has 0 fully saturated rings. The van der Waals surface area contributed by atoms with Gasteiger partial charge in [-0.2, -0.15) is 0 Å². The van der Waals surface area contributed by atoms with E-state index in [0.29, 0.717) is 18.0 Å². The predicted octanol–water partition coefficient (Wildman–Crippen LogP) is 4.20. The maximum absolute atomic E-state index is 11.9. The molecule has 0 radical (unpaired) electrons. The Bertz CT molecular complexity index is 641. The number of carbonyl (C=O) groups is 1. The molecule has 5 nitrogen and oxygen atoms in total. The van der Waals surface area contributed by atoms with E-state index in [1.165, 1.54) is 5.56 Å². The van der Waals surface area contributed by atoms with Gasteiger partial charge in [0.1, 0.15) is 11.5 Å². The fraction of sp³-hybridized carbons (Fsp3) is 0.316. The summed E-state index contributed by atoms with van der Waals surface area (Å²) >= 11 is 0. The van der Waals surface area contributed by atoms with Crippen molar-refractivity contribution in [3.8, 4) is 11.5 Å². The number of amides is 2. The van der Waals surface area contributed by atoms with Crippen molar-refractivity contribution in [2.24, 2.45) is 0 Å². The van der Waals surface area contributed by atoms with Crippen molar-refractivity contribution < 1.29 is 14.3 Å². The molecule has 0 aliphatic heterocycles. The normalized spacial score (nSPS) is 10.1. The topological polar surface area (TPSA) is 59.6 Å². The van der Waals surface area contributed by atoms with Gasteiger partial charge in [0.25, 0.3) is 0 Å². The Balaban J connectivity index is 1.79. The van der Waals surface area contributed by atoms with Gasteiger partial charge >= 0.3 is 6.03 Å². The molecule has 0 saturated heterocycles.